The van der Waals surface area contributed by atoms with Crippen molar-refractivity contribution in [1.82, 2.24) is 4.90 Å². The smallest absolute Gasteiger partial charge is 0.268 e. The number of carbonyl (C=O) groups excluding carboxylic acids is 2. The standard InChI is InChI=1S/C22H30F2N2O3/c1-21(2,3)14-17(27)25-11-8-22(9-12-25)10-13-26(20(22)29)16-6-4-15(5-7-16)18(28)19(23)24/h4-7,18-19,28H,8-14H2,1-3H3. The van der Waals surface area contributed by atoms with Crippen molar-refractivity contribution < 1.29 is 23.5 Å². The van der Waals surface area contributed by atoms with Crippen LogP contribution in [0.15, 0.2) is 24.3 Å². The molecule has 1 aromatic rings. The van der Waals surface area contributed by atoms with E-state index in [1.165, 1.54) is 12.1 Å². The summed E-state index contributed by atoms with van der Waals surface area (Å²) in [5.41, 5.74) is 0.287. The molecule has 2 aliphatic rings. The van der Waals surface area contributed by atoms with Crippen LogP contribution < -0.4 is 4.90 Å². The predicted octanol–water partition coefficient (Wildman–Crippen LogP) is 3.77. The number of piperidine rings is 1. The van der Waals surface area contributed by atoms with Crippen molar-refractivity contribution >= 4 is 17.5 Å². The Labute approximate surface area is 170 Å². The lowest BCUT2D eigenvalue weighted by Gasteiger charge is -2.38. The van der Waals surface area contributed by atoms with Crippen molar-refractivity contribution in [2.24, 2.45) is 10.8 Å². The summed E-state index contributed by atoms with van der Waals surface area (Å²) in [6.45, 7) is 7.88. The first-order valence-corrected chi connectivity index (χ1v) is 10.2. The number of nitrogens with zero attached hydrogens (tertiary/aromatic N) is 2. The SMILES string of the molecule is CC(C)(C)CC(=O)N1CCC2(CC1)CCN(c1ccc(C(O)C(F)F)cc1)C2=O. The number of aliphatic hydroxyl groups excluding tert-OH is 1. The van der Waals surface area contributed by atoms with Crippen LogP contribution in [0.2, 0.25) is 0 Å². The molecular formula is C22H30F2N2O3. The first-order valence-electron chi connectivity index (χ1n) is 10.2. The van der Waals surface area contributed by atoms with E-state index in [2.05, 4.69) is 0 Å². The van der Waals surface area contributed by atoms with Gasteiger partial charge in [-0.05, 0) is 42.4 Å². The van der Waals surface area contributed by atoms with Crippen LogP contribution in [-0.4, -0.2) is 47.9 Å². The van der Waals surface area contributed by atoms with Crippen LogP contribution in [0.1, 0.15) is 58.1 Å². The fourth-order valence-corrected chi connectivity index (χ4v) is 4.28. The van der Waals surface area contributed by atoms with E-state index in [0.29, 0.717) is 44.6 Å². The molecule has 0 radical (unpaired) electrons. The average molecular weight is 408 g/mol. The fraction of sp³-hybridized carbons (Fsp3) is 0.636. The molecule has 0 bridgehead atoms. The second-order valence-corrected chi connectivity index (χ2v) is 9.48. The second-order valence-electron chi connectivity index (χ2n) is 9.48. The van der Waals surface area contributed by atoms with Crippen LogP contribution in [0.5, 0.6) is 0 Å². The summed E-state index contributed by atoms with van der Waals surface area (Å²) in [7, 11) is 0. The molecule has 2 amide bonds. The lowest BCUT2D eigenvalue weighted by molar-refractivity contribution is -0.139. The quantitative estimate of drug-likeness (QED) is 0.825. The number of benzene rings is 1. The molecule has 1 spiro atoms. The van der Waals surface area contributed by atoms with Crippen LogP contribution in [0, 0.1) is 10.8 Å². The number of carbonyl (C=O) groups is 2. The highest BCUT2D eigenvalue weighted by Gasteiger charge is 2.49. The summed E-state index contributed by atoms with van der Waals surface area (Å²) < 4.78 is 25.3. The van der Waals surface area contributed by atoms with Gasteiger partial charge in [0, 0.05) is 31.7 Å². The maximum absolute atomic E-state index is 13.2. The van der Waals surface area contributed by atoms with Gasteiger partial charge in [0.25, 0.3) is 6.43 Å². The van der Waals surface area contributed by atoms with Gasteiger partial charge in [0.1, 0.15) is 6.10 Å². The van der Waals surface area contributed by atoms with Gasteiger partial charge in [0.05, 0.1) is 5.41 Å². The van der Waals surface area contributed by atoms with Crippen molar-refractivity contribution in [2.45, 2.75) is 59.0 Å². The van der Waals surface area contributed by atoms with Gasteiger partial charge in [-0.2, -0.15) is 0 Å². The number of rotatable bonds is 4. The monoisotopic (exact) mass is 408 g/mol. The topological polar surface area (TPSA) is 60.9 Å². The average Bonchev–Trinajstić information content (AvgIpc) is 2.96. The molecule has 7 heteroatoms. The third kappa shape index (κ3) is 4.60. The minimum atomic E-state index is -2.84. The maximum Gasteiger partial charge on any atom is 0.268 e. The number of hydrogen-bond acceptors (Lipinski definition) is 3. The first-order chi connectivity index (χ1) is 13.5. The summed E-state index contributed by atoms with van der Waals surface area (Å²) in [5, 5.41) is 9.48. The molecule has 2 saturated heterocycles. The molecule has 1 aromatic carbocycles. The third-order valence-electron chi connectivity index (χ3n) is 6.05. The van der Waals surface area contributed by atoms with Gasteiger partial charge in [-0.3, -0.25) is 9.59 Å². The zero-order valence-corrected chi connectivity index (χ0v) is 17.3. The molecule has 160 valence electrons. The molecule has 2 aliphatic heterocycles. The van der Waals surface area contributed by atoms with Gasteiger partial charge in [-0.1, -0.05) is 32.9 Å². The molecule has 0 saturated carbocycles. The van der Waals surface area contributed by atoms with Gasteiger partial charge in [0.15, 0.2) is 0 Å². The molecule has 5 nitrogen and oxygen atoms in total. The molecular weight excluding hydrogens is 378 g/mol. The summed E-state index contributed by atoms with van der Waals surface area (Å²) in [6, 6.07) is 6.11. The lowest BCUT2D eigenvalue weighted by Crippen LogP contribution is -2.47. The molecule has 1 N–H and O–H groups in total. The zero-order valence-electron chi connectivity index (χ0n) is 17.3. The Kier molecular flexibility index (Phi) is 5.99. The molecule has 2 heterocycles. The van der Waals surface area contributed by atoms with Gasteiger partial charge >= 0.3 is 0 Å². The van der Waals surface area contributed by atoms with Crippen molar-refractivity contribution in [2.75, 3.05) is 24.5 Å². The van der Waals surface area contributed by atoms with Crippen LogP contribution in [-0.2, 0) is 9.59 Å². The molecule has 2 fully saturated rings. The van der Waals surface area contributed by atoms with Gasteiger partial charge in [-0.15, -0.1) is 0 Å². The van der Waals surface area contributed by atoms with E-state index in [1.807, 2.05) is 25.7 Å². The highest BCUT2D eigenvalue weighted by atomic mass is 19.3. The number of hydrogen-bond donors (Lipinski definition) is 1. The number of likely N-dealkylation sites (tertiary alicyclic amines) is 1. The summed E-state index contributed by atoms with van der Waals surface area (Å²) in [5.74, 6) is 0.186. The van der Waals surface area contributed by atoms with E-state index in [1.54, 1.807) is 17.0 Å². The Morgan fingerprint density at radius 2 is 1.66 bits per heavy atom. The van der Waals surface area contributed by atoms with E-state index in [-0.39, 0.29) is 22.8 Å². The Morgan fingerprint density at radius 1 is 1.10 bits per heavy atom. The summed E-state index contributed by atoms with van der Waals surface area (Å²) in [6.07, 6.45) is -2.13. The van der Waals surface area contributed by atoms with Crippen molar-refractivity contribution in [3.05, 3.63) is 29.8 Å². The second kappa shape index (κ2) is 8.01. The Bertz CT molecular complexity index is 750. The van der Waals surface area contributed by atoms with Gasteiger partial charge < -0.3 is 14.9 Å². The van der Waals surface area contributed by atoms with E-state index >= 15 is 0 Å². The van der Waals surface area contributed by atoms with Crippen LogP contribution >= 0.6 is 0 Å². The van der Waals surface area contributed by atoms with Crippen molar-refractivity contribution in [3.63, 3.8) is 0 Å². The number of aliphatic hydroxyl groups is 1. The van der Waals surface area contributed by atoms with Crippen LogP contribution in [0.3, 0.4) is 0 Å². The molecule has 0 aromatic heterocycles. The third-order valence-corrected chi connectivity index (χ3v) is 6.05. The van der Waals surface area contributed by atoms with Crippen LogP contribution in [0.25, 0.3) is 0 Å². The summed E-state index contributed by atoms with van der Waals surface area (Å²) in [4.78, 5) is 29.2. The molecule has 29 heavy (non-hydrogen) atoms. The van der Waals surface area contributed by atoms with E-state index < -0.39 is 17.9 Å². The highest BCUT2D eigenvalue weighted by molar-refractivity contribution is 6.00. The lowest BCUT2D eigenvalue weighted by atomic mass is 9.77. The molecule has 0 aliphatic carbocycles. The fourth-order valence-electron chi connectivity index (χ4n) is 4.28. The summed E-state index contributed by atoms with van der Waals surface area (Å²) >= 11 is 0. The van der Waals surface area contributed by atoms with Gasteiger partial charge in [-0.25, -0.2) is 8.78 Å². The molecule has 3 rings (SSSR count). The number of alkyl halides is 2. The minimum absolute atomic E-state index is 0.0441. The van der Waals surface area contributed by atoms with Crippen molar-refractivity contribution in [3.8, 4) is 0 Å². The Morgan fingerprint density at radius 3 is 2.17 bits per heavy atom. The van der Waals surface area contributed by atoms with E-state index in [9.17, 15) is 23.5 Å². The van der Waals surface area contributed by atoms with Gasteiger partial charge in [0.2, 0.25) is 11.8 Å². The largest absolute Gasteiger partial charge is 0.382 e. The maximum atomic E-state index is 13.2. The number of halogens is 2. The number of anilines is 1. The minimum Gasteiger partial charge on any atom is -0.382 e. The zero-order chi connectivity index (χ0) is 21.4. The van der Waals surface area contributed by atoms with E-state index in [4.69, 9.17) is 0 Å². The number of amides is 2. The predicted molar refractivity (Wildman–Crippen MR) is 107 cm³/mol. The Hall–Kier alpha value is -2.02. The highest BCUT2D eigenvalue weighted by Crippen LogP contribution is 2.43. The van der Waals surface area contributed by atoms with Crippen LogP contribution in [0.4, 0.5) is 14.5 Å². The molecule has 1 atom stereocenters. The molecule has 1 unspecified atom stereocenters. The Balaban J connectivity index is 1.64. The normalized spacial score (nSPS) is 20.6. The first kappa shape index (κ1) is 21.7. The van der Waals surface area contributed by atoms with E-state index in [0.717, 1.165) is 6.42 Å². The van der Waals surface area contributed by atoms with Crippen molar-refractivity contribution in [1.29, 1.82) is 0 Å².